The normalized spacial score (nSPS) is 37.1. The summed E-state index contributed by atoms with van der Waals surface area (Å²) < 4.78 is 6.17. The van der Waals surface area contributed by atoms with Crippen molar-refractivity contribution in [1.29, 1.82) is 0 Å². The molecule has 0 radical (unpaired) electrons. The van der Waals surface area contributed by atoms with Crippen molar-refractivity contribution in [2.24, 2.45) is 5.92 Å². The van der Waals surface area contributed by atoms with E-state index in [0.717, 1.165) is 24.0 Å². The number of carbonyl (C=O) groups excluding carboxylic acids is 1. The minimum atomic E-state index is -1.28. The van der Waals surface area contributed by atoms with Gasteiger partial charge in [0.1, 0.15) is 17.7 Å². The predicted octanol–water partition coefficient (Wildman–Crippen LogP) is 4.42. The molecule has 37 heavy (non-hydrogen) atoms. The summed E-state index contributed by atoms with van der Waals surface area (Å²) in [6.07, 6.45) is 3.39. The van der Waals surface area contributed by atoms with Crippen molar-refractivity contribution in [3.63, 3.8) is 0 Å². The lowest BCUT2D eigenvalue weighted by Gasteiger charge is -2.68. The van der Waals surface area contributed by atoms with Crippen molar-refractivity contribution in [3.05, 3.63) is 62.3 Å². The number of likely N-dealkylation sites (N-methyl/N-ethyl adjacent to an activating group) is 1. The molecule has 5 aliphatic rings. The van der Waals surface area contributed by atoms with Gasteiger partial charge >= 0.3 is 0 Å². The molecule has 9 heteroatoms. The summed E-state index contributed by atoms with van der Waals surface area (Å²) in [4.78, 5) is 15.3. The maximum atomic E-state index is 14.3. The number of benzene rings is 2. The summed E-state index contributed by atoms with van der Waals surface area (Å²) in [7, 11) is 1.74. The van der Waals surface area contributed by atoms with Crippen LogP contribution in [0.4, 0.5) is 0 Å². The van der Waals surface area contributed by atoms with Crippen molar-refractivity contribution in [1.82, 2.24) is 4.90 Å². The molecule has 2 aliphatic heterocycles. The van der Waals surface area contributed by atoms with E-state index in [1.165, 1.54) is 0 Å². The zero-order valence-corrected chi connectivity index (χ0v) is 22.1. The molecule has 2 bridgehead atoms. The number of phenols is 1. The van der Waals surface area contributed by atoms with Crippen LogP contribution in [0.5, 0.6) is 11.5 Å². The summed E-state index contributed by atoms with van der Waals surface area (Å²) >= 11 is 12.3. The second kappa shape index (κ2) is 7.76. The Balaban J connectivity index is 1.32. The number of hydrogen-bond donors (Lipinski definition) is 2. The van der Waals surface area contributed by atoms with E-state index in [1.807, 2.05) is 6.07 Å². The van der Waals surface area contributed by atoms with Gasteiger partial charge in [-0.15, -0.1) is 0 Å². The lowest BCUT2D eigenvalue weighted by Crippen LogP contribution is -2.81. The summed E-state index contributed by atoms with van der Waals surface area (Å²) in [5.74, 6) is 0.649. The zero-order chi connectivity index (χ0) is 25.9. The second-order valence-electron chi connectivity index (χ2n) is 11.8. The first-order chi connectivity index (χ1) is 17.6. The van der Waals surface area contributed by atoms with Gasteiger partial charge in [-0.1, -0.05) is 29.3 Å². The van der Waals surface area contributed by atoms with Crippen LogP contribution in [0, 0.1) is 11.1 Å². The smallest absolute Gasteiger partial charge is 0.254 e. The number of halogens is 2. The lowest BCUT2D eigenvalue weighted by atomic mass is 9.48. The average molecular weight is 545 g/mol. The van der Waals surface area contributed by atoms with E-state index in [2.05, 4.69) is 0 Å². The fourth-order valence-corrected chi connectivity index (χ4v) is 8.41. The van der Waals surface area contributed by atoms with Crippen molar-refractivity contribution in [2.75, 3.05) is 20.1 Å². The molecule has 2 aromatic rings. The van der Waals surface area contributed by atoms with Crippen molar-refractivity contribution in [3.8, 4) is 11.5 Å². The molecule has 196 valence electrons. The second-order valence-corrected chi connectivity index (χ2v) is 12.6. The van der Waals surface area contributed by atoms with Crippen LogP contribution in [0.1, 0.15) is 53.6 Å². The monoisotopic (exact) mass is 544 g/mol. The first-order valence-corrected chi connectivity index (χ1v) is 13.9. The number of carbonyl (C=O) groups is 1. The SMILES string of the molecule is CN(C(=O)c1ccc(Cl)c(Cl)c1)[C@H]1CC[C@@]2(O)[C@H]3Cc4ccc(O)c5c4C2(CC[N+]3([O-])CC2CC2)[C@H]1O5. The number of ether oxygens (including phenoxy) is 1. The maximum absolute atomic E-state index is 14.3. The molecular weight excluding hydrogens is 515 g/mol. The molecule has 7 rings (SSSR count). The Morgan fingerprint density at radius 3 is 2.70 bits per heavy atom. The molecule has 0 aromatic heterocycles. The quantitative estimate of drug-likeness (QED) is 0.439. The van der Waals surface area contributed by atoms with E-state index in [9.17, 15) is 20.2 Å². The lowest BCUT2D eigenvalue weighted by molar-refractivity contribution is -0.924. The standard InChI is InChI=1S/C28H30Cl2N2O5/c1-31(26(34)17-4-6-18(29)19(30)12-17)20-8-9-28(35)22-13-16-5-7-21(33)24-23(16)27(28,25(20)37-24)10-11-32(22,36)14-15-2-3-15/h4-7,12,15,20,22,25,33,35H,2-3,8-11,13-14H2,1H3/t20-,22+,25-,27?,28+,32?/m0/s1. The molecule has 7 nitrogen and oxygen atoms in total. The summed E-state index contributed by atoms with van der Waals surface area (Å²) in [5.41, 5.74) is 0.0956. The molecule has 2 saturated carbocycles. The van der Waals surface area contributed by atoms with E-state index in [0.29, 0.717) is 66.0 Å². The van der Waals surface area contributed by atoms with Crippen molar-refractivity contribution < 1.29 is 24.4 Å². The number of amides is 1. The van der Waals surface area contributed by atoms with Crippen LogP contribution in [-0.4, -0.2) is 69.6 Å². The van der Waals surface area contributed by atoms with Crippen molar-refractivity contribution in [2.45, 2.75) is 67.7 Å². The number of likely N-dealkylation sites (tertiary alicyclic amines) is 1. The number of quaternary nitrogens is 1. The van der Waals surface area contributed by atoms with Gasteiger partial charge in [-0.25, -0.2) is 0 Å². The van der Waals surface area contributed by atoms with Crippen LogP contribution >= 0.6 is 23.2 Å². The van der Waals surface area contributed by atoms with Gasteiger partial charge in [0.25, 0.3) is 5.91 Å². The van der Waals surface area contributed by atoms with Crippen LogP contribution < -0.4 is 4.74 Å². The number of piperidine rings is 1. The zero-order valence-electron chi connectivity index (χ0n) is 20.6. The van der Waals surface area contributed by atoms with Gasteiger partial charge in [-0.05, 0) is 55.5 Å². The highest BCUT2D eigenvalue weighted by atomic mass is 35.5. The van der Waals surface area contributed by atoms with Gasteiger partial charge in [0, 0.05) is 36.9 Å². The molecule has 2 N–H and O–H groups in total. The molecule has 1 spiro atoms. The van der Waals surface area contributed by atoms with E-state index in [-0.39, 0.29) is 22.3 Å². The Morgan fingerprint density at radius 1 is 1.19 bits per heavy atom. The van der Waals surface area contributed by atoms with Crippen LogP contribution in [0.25, 0.3) is 0 Å². The van der Waals surface area contributed by atoms with Gasteiger partial charge in [0.15, 0.2) is 11.5 Å². The molecule has 2 heterocycles. The minimum absolute atomic E-state index is 0.0342. The summed E-state index contributed by atoms with van der Waals surface area (Å²) in [5, 5.41) is 38.4. The Hall–Kier alpha value is -2.03. The summed E-state index contributed by atoms with van der Waals surface area (Å²) in [6, 6.07) is 7.47. The van der Waals surface area contributed by atoms with Gasteiger partial charge in [-0.2, -0.15) is 0 Å². The van der Waals surface area contributed by atoms with Crippen LogP contribution in [0.2, 0.25) is 10.0 Å². The van der Waals surface area contributed by atoms with Crippen LogP contribution in [0.15, 0.2) is 30.3 Å². The first kappa shape index (κ1) is 24.0. The number of hydroxylamine groups is 3. The number of nitrogens with zero attached hydrogens (tertiary/aromatic N) is 2. The molecule has 6 atom stereocenters. The van der Waals surface area contributed by atoms with Gasteiger partial charge in [-0.3, -0.25) is 4.79 Å². The first-order valence-electron chi connectivity index (χ1n) is 13.1. The van der Waals surface area contributed by atoms with E-state index < -0.39 is 23.2 Å². The van der Waals surface area contributed by atoms with Gasteiger partial charge in [0.2, 0.25) is 0 Å². The number of aromatic hydroxyl groups is 1. The number of rotatable bonds is 4. The third kappa shape index (κ3) is 3.09. The van der Waals surface area contributed by atoms with Crippen LogP contribution in [-0.2, 0) is 11.8 Å². The third-order valence-corrected chi connectivity index (χ3v) is 10.7. The van der Waals surface area contributed by atoms with Crippen LogP contribution in [0.3, 0.4) is 0 Å². The molecule has 2 unspecified atom stereocenters. The minimum Gasteiger partial charge on any atom is -0.632 e. The highest BCUT2D eigenvalue weighted by Gasteiger charge is 2.76. The fourth-order valence-electron chi connectivity index (χ4n) is 8.11. The topological polar surface area (TPSA) is 93.1 Å². The molecular formula is C28H30Cl2N2O5. The number of phenolic OH excluding ortho intramolecular Hbond substituents is 1. The Bertz CT molecular complexity index is 1330. The molecule has 2 aromatic carbocycles. The largest absolute Gasteiger partial charge is 0.632 e. The van der Waals surface area contributed by atoms with Gasteiger partial charge < -0.3 is 29.7 Å². The van der Waals surface area contributed by atoms with E-state index >= 15 is 0 Å². The third-order valence-electron chi connectivity index (χ3n) is 10.0. The fraction of sp³-hybridized carbons (Fsp3) is 0.536. The Morgan fingerprint density at radius 2 is 1.97 bits per heavy atom. The molecule has 3 aliphatic carbocycles. The predicted molar refractivity (Wildman–Crippen MR) is 139 cm³/mol. The van der Waals surface area contributed by atoms with E-state index in [4.69, 9.17) is 27.9 Å². The molecule has 3 fully saturated rings. The Kier molecular flexibility index (Phi) is 5.04. The maximum Gasteiger partial charge on any atom is 0.254 e. The highest BCUT2D eigenvalue weighted by molar-refractivity contribution is 6.42. The molecule has 1 saturated heterocycles. The Labute approximate surface area is 225 Å². The molecule has 1 amide bonds. The van der Waals surface area contributed by atoms with E-state index in [1.54, 1.807) is 36.2 Å². The van der Waals surface area contributed by atoms with Crippen molar-refractivity contribution >= 4 is 29.1 Å². The van der Waals surface area contributed by atoms with Gasteiger partial charge in [0.05, 0.1) is 34.6 Å². The number of aliphatic hydroxyl groups is 1. The average Bonchev–Trinajstić information content (AvgIpc) is 3.60. The number of hydrogen-bond acceptors (Lipinski definition) is 5. The summed E-state index contributed by atoms with van der Waals surface area (Å²) in [6.45, 7) is 0.947. The highest BCUT2D eigenvalue weighted by Crippen LogP contribution is 2.67.